The van der Waals surface area contributed by atoms with Crippen LogP contribution in [0.15, 0.2) is 48.6 Å². The number of allylic oxidation sites excluding steroid dienone is 4. The Balaban J connectivity index is -0.000000569. The Morgan fingerprint density at radius 2 is 0.639 bits per heavy atom. The highest BCUT2D eigenvalue weighted by molar-refractivity contribution is 8.09. The van der Waals surface area contributed by atoms with Crippen LogP contribution in [0.2, 0.25) is 0 Å². The van der Waals surface area contributed by atoms with Crippen LogP contribution < -0.4 is 0 Å². The van der Waals surface area contributed by atoms with Gasteiger partial charge in [-0.2, -0.15) is 0 Å². The molecule has 8 nitrogen and oxygen atoms in total. The summed E-state index contributed by atoms with van der Waals surface area (Å²) in [5, 5.41) is -1.80. The second-order valence-corrected chi connectivity index (χ2v) is 17.4. The summed E-state index contributed by atoms with van der Waals surface area (Å²) < 4.78 is 92.9. The van der Waals surface area contributed by atoms with Crippen molar-refractivity contribution < 1.29 is 33.7 Å². The molecule has 36 heavy (non-hydrogen) atoms. The van der Waals surface area contributed by atoms with Crippen molar-refractivity contribution in [3.63, 3.8) is 0 Å². The Bertz CT molecular complexity index is 1050. The second-order valence-electron chi connectivity index (χ2n) is 7.57. The highest BCUT2D eigenvalue weighted by Crippen LogP contribution is 2.16. The molecular weight excluding hydrogens is 545 g/mol. The van der Waals surface area contributed by atoms with Gasteiger partial charge < -0.3 is 0 Å². The van der Waals surface area contributed by atoms with Crippen molar-refractivity contribution in [2.75, 3.05) is 23.0 Å². The molecule has 0 rings (SSSR count). The largest absolute Gasteiger partial charge is 0.228 e. The van der Waals surface area contributed by atoms with E-state index in [0.717, 1.165) is 0 Å². The molecule has 0 radical (unpaired) electrons. The normalized spacial score (nSPS) is 15.9. The molecule has 0 saturated carbocycles. The number of hydrogen-bond acceptors (Lipinski definition) is 8. The van der Waals surface area contributed by atoms with Crippen LogP contribution in [0.3, 0.4) is 0 Å². The Labute approximate surface area is 221 Å². The molecule has 2 atom stereocenters. The SMILES string of the molecule is CC.CC=CCS(=O)(=O)C(C)C(C)S(=O)(=O)CC=CC.CC=CCS(=O)(=O)C(C)S(=O)(=O)CC=CC. The summed E-state index contributed by atoms with van der Waals surface area (Å²) in [6.07, 6.45) is 12.4. The van der Waals surface area contributed by atoms with Gasteiger partial charge in [-0.3, -0.25) is 0 Å². The summed E-state index contributed by atoms with van der Waals surface area (Å²) in [5.74, 6) is -0.707. The highest BCUT2D eigenvalue weighted by Gasteiger charge is 2.33. The first kappa shape index (κ1) is 39.3. The zero-order valence-electron chi connectivity index (χ0n) is 23.1. The minimum Gasteiger partial charge on any atom is -0.228 e. The van der Waals surface area contributed by atoms with Gasteiger partial charge in [0.25, 0.3) is 0 Å². The zero-order chi connectivity index (χ0) is 29.2. The molecule has 0 bridgehead atoms. The third-order valence-corrected chi connectivity index (χ3v) is 14.7. The summed E-state index contributed by atoms with van der Waals surface area (Å²) in [5.41, 5.74) is 0. The molecule has 0 spiro atoms. The van der Waals surface area contributed by atoms with Gasteiger partial charge in [-0.25, -0.2) is 33.7 Å². The number of rotatable bonds is 13. The fourth-order valence-electron chi connectivity index (χ4n) is 2.30. The lowest BCUT2D eigenvalue weighted by atomic mass is 10.4. The lowest BCUT2D eigenvalue weighted by Crippen LogP contribution is -2.37. The highest BCUT2D eigenvalue weighted by atomic mass is 32.3. The molecule has 0 aliphatic carbocycles. The molecule has 0 fully saturated rings. The van der Waals surface area contributed by atoms with E-state index in [-0.39, 0.29) is 23.0 Å². The standard InChI is InChI=1S/C12H22O4S2.C10H18O4S2.C2H6/c1-5-7-9-17(13,14)11(3)12(4)18(15,16)10-8-6-2;1-4-6-8-15(11,12)10(3)16(13,14)9-7-5-2;1-2/h5-8,11-12H,9-10H2,1-4H3;4-7,10H,8-9H2,1-3H3;1-2H3. The van der Waals surface area contributed by atoms with Crippen molar-refractivity contribution in [1.29, 1.82) is 0 Å². The first-order chi connectivity index (χ1) is 16.5. The van der Waals surface area contributed by atoms with Gasteiger partial charge in [0.05, 0.1) is 33.5 Å². The average Bonchev–Trinajstić information content (AvgIpc) is 2.83. The van der Waals surface area contributed by atoms with Crippen molar-refractivity contribution in [2.24, 2.45) is 0 Å². The molecule has 0 heterocycles. The molecule has 12 heteroatoms. The molecule has 0 N–H and O–H groups in total. The fraction of sp³-hybridized carbons (Fsp3) is 0.667. The molecule has 2 unspecified atom stereocenters. The van der Waals surface area contributed by atoms with E-state index in [9.17, 15) is 33.7 Å². The molecule has 0 aromatic carbocycles. The van der Waals surface area contributed by atoms with Crippen LogP contribution in [0, 0.1) is 0 Å². The van der Waals surface area contributed by atoms with E-state index in [1.807, 2.05) is 13.8 Å². The topological polar surface area (TPSA) is 137 Å². The lowest BCUT2D eigenvalue weighted by Gasteiger charge is -2.19. The predicted molar refractivity (Wildman–Crippen MR) is 154 cm³/mol. The van der Waals surface area contributed by atoms with E-state index >= 15 is 0 Å². The van der Waals surface area contributed by atoms with E-state index in [1.54, 1.807) is 52.0 Å². The van der Waals surface area contributed by atoms with Gasteiger partial charge in [-0.15, -0.1) is 0 Å². The van der Waals surface area contributed by atoms with Crippen LogP contribution in [-0.4, -0.2) is 71.8 Å². The third kappa shape index (κ3) is 15.1. The van der Waals surface area contributed by atoms with Crippen molar-refractivity contribution in [2.45, 2.75) is 77.4 Å². The fourth-order valence-corrected chi connectivity index (χ4v) is 9.74. The second kappa shape index (κ2) is 18.9. The quantitative estimate of drug-likeness (QED) is 0.293. The van der Waals surface area contributed by atoms with Crippen LogP contribution in [0.1, 0.15) is 62.3 Å². The van der Waals surface area contributed by atoms with Crippen molar-refractivity contribution in [1.82, 2.24) is 0 Å². The van der Waals surface area contributed by atoms with Crippen molar-refractivity contribution in [3.05, 3.63) is 48.6 Å². The van der Waals surface area contributed by atoms with E-state index in [0.29, 0.717) is 0 Å². The number of sulfone groups is 4. The monoisotopic (exact) mass is 590 g/mol. The van der Waals surface area contributed by atoms with Gasteiger partial charge in [-0.1, -0.05) is 62.5 Å². The van der Waals surface area contributed by atoms with Gasteiger partial charge in [0.2, 0.25) is 0 Å². The Morgan fingerprint density at radius 1 is 0.444 bits per heavy atom. The van der Waals surface area contributed by atoms with E-state index < -0.39 is 54.4 Å². The van der Waals surface area contributed by atoms with Crippen LogP contribution in [0.5, 0.6) is 0 Å². The minimum atomic E-state index is -3.62. The summed E-state index contributed by atoms with van der Waals surface area (Å²) in [6.45, 7) is 15.0. The Kier molecular flexibility index (Phi) is 20.6. The van der Waals surface area contributed by atoms with Gasteiger partial charge in [-0.05, 0) is 48.5 Å². The van der Waals surface area contributed by atoms with Crippen LogP contribution in [-0.2, 0) is 39.3 Å². The van der Waals surface area contributed by atoms with Crippen LogP contribution >= 0.6 is 0 Å². The molecule has 0 aromatic heterocycles. The Morgan fingerprint density at radius 3 is 0.833 bits per heavy atom. The Hall–Kier alpha value is -1.24. The first-order valence-electron chi connectivity index (χ1n) is 11.8. The molecule has 214 valence electrons. The smallest absolute Gasteiger partial charge is 0.170 e. The molecule has 0 amide bonds. The minimum absolute atomic E-state index is 0.117. The van der Waals surface area contributed by atoms with Crippen molar-refractivity contribution >= 4 is 39.3 Å². The summed E-state index contributed by atoms with van der Waals surface area (Å²) in [6, 6.07) is 0. The summed E-state index contributed by atoms with van der Waals surface area (Å²) in [7, 11) is -14.1. The molecule has 0 aliphatic heterocycles. The summed E-state index contributed by atoms with van der Waals surface area (Å²) in [4.78, 5) is 0. The van der Waals surface area contributed by atoms with E-state index in [4.69, 9.17) is 0 Å². The van der Waals surface area contributed by atoms with Crippen LogP contribution in [0.4, 0.5) is 0 Å². The van der Waals surface area contributed by atoms with E-state index in [1.165, 1.54) is 45.1 Å². The lowest BCUT2D eigenvalue weighted by molar-refractivity contribution is 0.565. The van der Waals surface area contributed by atoms with Gasteiger partial charge in [0, 0.05) is 0 Å². The molecule has 0 aliphatic rings. The maximum absolute atomic E-state index is 11.9. The van der Waals surface area contributed by atoms with Gasteiger partial charge in [0.1, 0.15) is 0 Å². The first-order valence-corrected chi connectivity index (χ1v) is 18.6. The third-order valence-electron chi connectivity index (χ3n) is 5.06. The van der Waals surface area contributed by atoms with Gasteiger partial charge >= 0.3 is 0 Å². The predicted octanol–water partition coefficient (Wildman–Crippen LogP) is 4.09. The van der Waals surface area contributed by atoms with Gasteiger partial charge in [0.15, 0.2) is 43.9 Å². The molecule has 0 saturated heterocycles. The molecular formula is C24H46O8S4. The maximum atomic E-state index is 11.9. The van der Waals surface area contributed by atoms with Crippen LogP contribution in [0.25, 0.3) is 0 Å². The average molecular weight is 591 g/mol. The van der Waals surface area contributed by atoms with Crippen molar-refractivity contribution in [3.8, 4) is 0 Å². The summed E-state index contributed by atoms with van der Waals surface area (Å²) >= 11 is 0. The number of hydrogen-bond donors (Lipinski definition) is 0. The van der Waals surface area contributed by atoms with E-state index in [2.05, 4.69) is 0 Å². The zero-order valence-corrected chi connectivity index (χ0v) is 26.3. The maximum Gasteiger partial charge on any atom is 0.170 e. The molecule has 0 aromatic rings.